The fraction of sp³-hybridized carbons (Fsp3) is 0.333. The van der Waals surface area contributed by atoms with E-state index in [2.05, 4.69) is 21.5 Å². The molecule has 20 heavy (non-hydrogen) atoms. The molecule has 0 amide bonds. The molecule has 3 heterocycles. The fourth-order valence-electron chi connectivity index (χ4n) is 2.90. The maximum Gasteiger partial charge on any atom is 0.181 e. The van der Waals surface area contributed by atoms with Gasteiger partial charge in [-0.3, -0.25) is 4.68 Å². The fourth-order valence-corrected chi connectivity index (χ4v) is 2.90. The van der Waals surface area contributed by atoms with Crippen molar-refractivity contribution in [1.82, 2.24) is 20.1 Å². The summed E-state index contributed by atoms with van der Waals surface area (Å²) >= 11 is 0. The summed E-state index contributed by atoms with van der Waals surface area (Å²) in [6.45, 7) is 1.09. The molecule has 0 spiro atoms. The van der Waals surface area contributed by atoms with Crippen LogP contribution in [0.1, 0.15) is 24.6 Å². The first-order chi connectivity index (χ1) is 9.81. The van der Waals surface area contributed by atoms with Crippen LogP contribution in [0.15, 0.2) is 35.1 Å². The van der Waals surface area contributed by atoms with Crippen LogP contribution < -0.4 is 5.32 Å². The maximum absolute atomic E-state index is 5.36. The Morgan fingerprint density at radius 1 is 1.35 bits per heavy atom. The van der Waals surface area contributed by atoms with Gasteiger partial charge in [-0.15, -0.1) is 0 Å². The number of oxazole rings is 1. The van der Waals surface area contributed by atoms with Crippen LogP contribution in [0.2, 0.25) is 0 Å². The highest BCUT2D eigenvalue weighted by Gasteiger charge is 2.20. The Bertz CT molecular complexity index is 752. The number of hydrogen-bond acceptors (Lipinski definition) is 4. The van der Waals surface area contributed by atoms with Crippen molar-refractivity contribution in [2.45, 2.75) is 18.9 Å². The molecule has 102 valence electrons. The first-order valence-electron chi connectivity index (χ1n) is 6.92. The average molecular weight is 268 g/mol. The van der Waals surface area contributed by atoms with Gasteiger partial charge in [-0.2, -0.15) is 5.10 Å². The van der Waals surface area contributed by atoms with E-state index in [1.54, 1.807) is 0 Å². The van der Waals surface area contributed by atoms with E-state index in [0.717, 1.165) is 28.9 Å². The van der Waals surface area contributed by atoms with Crippen LogP contribution in [0.5, 0.6) is 0 Å². The second-order valence-corrected chi connectivity index (χ2v) is 5.26. The summed E-state index contributed by atoms with van der Waals surface area (Å²) in [5, 5.41) is 8.15. The summed E-state index contributed by atoms with van der Waals surface area (Å²) in [5.41, 5.74) is 4.97. The smallest absolute Gasteiger partial charge is 0.181 e. The molecule has 1 atom stereocenters. The van der Waals surface area contributed by atoms with Gasteiger partial charge < -0.3 is 9.73 Å². The molecule has 0 radical (unpaired) electrons. The Kier molecular flexibility index (Phi) is 2.60. The van der Waals surface area contributed by atoms with Crippen molar-refractivity contribution >= 4 is 11.1 Å². The monoisotopic (exact) mass is 268 g/mol. The molecule has 2 aromatic heterocycles. The molecule has 5 heteroatoms. The lowest BCUT2D eigenvalue weighted by atomic mass is 10.1. The van der Waals surface area contributed by atoms with Crippen LogP contribution in [0.25, 0.3) is 22.4 Å². The third-order valence-electron chi connectivity index (χ3n) is 3.96. The van der Waals surface area contributed by atoms with Crippen LogP contribution in [0.4, 0.5) is 0 Å². The zero-order valence-electron chi connectivity index (χ0n) is 11.3. The summed E-state index contributed by atoms with van der Waals surface area (Å²) in [6, 6.07) is 8.60. The molecule has 0 saturated carbocycles. The second kappa shape index (κ2) is 4.45. The van der Waals surface area contributed by atoms with E-state index in [-0.39, 0.29) is 0 Å². The summed E-state index contributed by atoms with van der Waals surface area (Å²) in [7, 11) is 2.01. The minimum atomic E-state index is 0.426. The summed E-state index contributed by atoms with van der Waals surface area (Å²) in [4.78, 5) is 4.14. The van der Waals surface area contributed by atoms with E-state index in [1.807, 2.05) is 29.9 Å². The van der Waals surface area contributed by atoms with E-state index in [9.17, 15) is 0 Å². The number of nitrogens with zero attached hydrogens (tertiary/aromatic N) is 3. The summed E-state index contributed by atoms with van der Waals surface area (Å²) in [6.07, 6.45) is 3.88. The molecule has 1 N–H and O–H groups in total. The molecule has 1 aliphatic heterocycles. The van der Waals surface area contributed by atoms with E-state index < -0.39 is 0 Å². The van der Waals surface area contributed by atoms with Gasteiger partial charge in [-0.05, 0) is 37.6 Å². The minimum absolute atomic E-state index is 0.426. The van der Waals surface area contributed by atoms with Gasteiger partial charge >= 0.3 is 0 Å². The van der Waals surface area contributed by atoms with Crippen LogP contribution in [-0.4, -0.2) is 21.3 Å². The maximum atomic E-state index is 5.36. The van der Waals surface area contributed by atoms with E-state index in [4.69, 9.17) is 4.42 Å². The number of aromatic nitrogens is 3. The van der Waals surface area contributed by atoms with Gasteiger partial charge in [-0.1, -0.05) is 6.07 Å². The predicted octanol–water partition coefficient (Wildman–Crippen LogP) is 2.65. The SMILES string of the molecule is Cn1nc(-c2ccc3ncoc3c2)cc1C1CCCN1. The Morgan fingerprint density at radius 2 is 2.30 bits per heavy atom. The van der Waals surface area contributed by atoms with Gasteiger partial charge in [0.15, 0.2) is 12.0 Å². The largest absolute Gasteiger partial charge is 0.443 e. The standard InChI is InChI=1S/C15H16N4O/c1-19-14(11-3-2-6-16-11)8-13(18-19)10-4-5-12-15(7-10)20-9-17-12/h4-5,7-9,11,16H,2-3,6H2,1H3. The number of fused-ring (bicyclic) bond motifs is 1. The van der Waals surface area contributed by atoms with Crippen molar-refractivity contribution < 1.29 is 4.42 Å². The van der Waals surface area contributed by atoms with Crippen LogP contribution in [-0.2, 0) is 7.05 Å². The van der Waals surface area contributed by atoms with Gasteiger partial charge in [0.05, 0.1) is 11.4 Å². The number of aryl methyl sites for hydroxylation is 1. The lowest BCUT2D eigenvalue weighted by molar-refractivity contribution is 0.574. The number of nitrogens with one attached hydrogen (secondary N) is 1. The normalized spacial score (nSPS) is 18.9. The van der Waals surface area contributed by atoms with Crippen molar-refractivity contribution in [3.63, 3.8) is 0 Å². The first-order valence-corrected chi connectivity index (χ1v) is 6.92. The van der Waals surface area contributed by atoms with Crippen LogP contribution >= 0.6 is 0 Å². The van der Waals surface area contributed by atoms with Gasteiger partial charge in [0.2, 0.25) is 0 Å². The highest BCUT2D eigenvalue weighted by atomic mass is 16.3. The Hall–Kier alpha value is -2.14. The van der Waals surface area contributed by atoms with Crippen molar-refractivity contribution in [2.24, 2.45) is 7.05 Å². The molecule has 1 aliphatic rings. The topological polar surface area (TPSA) is 55.9 Å². The van der Waals surface area contributed by atoms with E-state index in [0.29, 0.717) is 6.04 Å². The molecular weight excluding hydrogens is 252 g/mol. The average Bonchev–Trinajstić information content (AvgIpc) is 3.17. The lowest BCUT2D eigenvalue weighted by Gasteiger charge is -2.09. The van der Waals surface area contributed by atoms with Gasteiger partial charge in [-0.25, -0.2) is 4.98 Å². The summed E-state index contributed by atoms with van der Waals surface area (Å²) < 4.78 is 7.33. The second-order valence-electron chi connectivity index (χ2n) is 5.26. The molecule has 0 aliphatic carbocycles. The molecule has 3 aromatic rings. The van der Waals surface area contributed by atoms with Crippen molar-refractivity contribution in [2.75, 3.05) is 6.54 Å². The first kappa shape index (κ1) is 11.7. The van der Waals surface area contributed by atoms with Gasteiger partial charge in [0.1, 0.15) is 5.52 Å². The molecule has 4 rings (SSSR count). The number of rotatable bonds is 2. The third kappa shape index (κ3) is 1.82. The van der Waals surface area contributed by atoms with Gasteiger partial charge in [0, 0.05) is 18.7 Å². The zero-order valence-corrected chi connectivity index (χ0v) is 11.3. The zero-order chi connectivity index (χ0) is 13.5. The Labute approximate surface area is 116 Å². The molecule has 1 fully saturated rings. The van der Waals surface area contributed by atoms with E-state index >= 15 is 0 Å². The van der Waals surface area contributed by atoms with Crippen LogP contribution in [0.3, 0.4) is 0 Å². The predicted molar refractivity (Wildman–Crippen MR) is 76.2 cm³/mol. The molecule has 5 nitrogen and oxygen atoms in total. The van der Waals surface area contributed by atoms with Crippen molar-refractivity contribution in [3.05, 3.63) is 36.4 Å². The third-order valence-corrected chi connectivity index (χ3v) is 3.96. The van der Waals surface area contributed by atoms with Gasteiger partial charge in [0.25, 0.3) is 0 Å². The molecule has 0 bridgehead atoms. The Balaban J connectivity index is 1.75. The number of benzene rings is 1. The minimum Gasteiger partial charge on any atom is -0.443 e. The molecule has 1 saturated heterocycles. The highest BCUT2D eigenvalue weighted by Crippen LogP contribution is 2.28. The van der Waals surface area contributed by atoms with Crippen LogP contribution in [0, 0.1) is 0 Å². The molecule has 1 aromatic carbocycles. The summed E-state index contributed by atoms with van der Waals surface area (Å²) in [5.74, 6) is 0. The highest BCUT2D eigenvalue weighted by molar-refractivity contribution is 5.78. The number of hydrogen-bond donors (Lipinski definition) is 1. The van der Waals surface area contributed by atoms with E-state index in [1.165, 1.54) is 24.9 Å². The Morgan fingerprint density at radius 3 is 3.15 bits per heavy atom. The molecular formula is C15H16N4O. The lowest BCUT2D eigenvalue weighted by Crippen LogP contribution is -2.16. The molecule has 1 unspecified atom stereocenters. The quantitative estimate of drug-likeness (QED) is 0.776. The van der Waals surface area contributed by atoms with Crippen molar-refractivity contribution in [3.8, 4) is 11.3 Å². The van der Waals surface area contributed by atoms with Crippen molar-refractivity contribution in [1.29, 1.82) is 0 Å².